The van der Waals surface area contributed by atoms with Crippen molar-refractivity contribution in [3.63, 3.8) is 0 Å². The molecule has 0 radical (unpaired) electrons. The predicted molar refractivity (Wildman–Crippen MR) is 118 cm³/mol. The average molecular weight is 411 g/mol. The van der Waals surface area contributed by atoms with Crippen LogP contribution < -0.4 is 9.47 Å². The topological polar surface area (TPSA) is 69.5 Å². The van der Waals surface area contributed by atoms with Gasteiger partial charge in [0, 0.05) is 6.08 Å². The third-order valence-electron chi connectivity index (χ3n) is 4.15. The van der Waals surface area contributed by atoms with Crippen LogP contribution in [0.5, 0.6) is 11.5 Å². The molecule has 160 valence electrons. The van der Waals surface area contributed by atoms with Gasteiger partial charge in [-0.05, 0) is 80.6 Å². The van der Waals surface area contributed by atoms with E-state index in [2.05, 4.69) is 23.7 Å². The highest BCUT2D eigenvalue weighted by molar-refractivity contribution is 5.81. The number of benzene rings is 2. The van der Waals surface area contributed by atoms with Gasteiger partial charge in [-0.1, -0.05) is 13.5 Å². The highest BCUT2D eigenvalue weighted by atomic mass is 16.5. The standard InChI is InChI=1S/C24H30N2O4/c1-3-17-28-22-13-9-20(10-14-22)25-26-21-11-15-23(16-12-21)29-18-7-5-6-8-19-30-24(27)4-2/h4,9-16H,2-3,5-8,17-19H2,1H3. The lowest BCUT2D eigenvalue weighted by Gasteiger charge is -2.06. The van der Waals surface area contributed by atoms with Crippen LogP contribution in [-0.2, 0) is 9.53 Å². The molecule has 2 aromatic rings. The van der Waals surface area contributed by atoms with Crippen molar-refractivity contribution in [2.45, 2.75) is 39.0 Å². The lowest BCUT2D eigenvalue weighted by Crippen LogP contribution is -2.02. The number of hydrogen-bond acceptors (Lipinski definition) is 6. The molecule has 0 atom stereocenters. The van der Waals surface area contributed by atoms with E-state index in [1.165, 1.54) is 6.08 Å². The molecule has 0 amide bonds. The van der Waals surface area contributed by atoms with E-state index in [9.17, 15) is 4.79 Å². The maximum absolute atomic E-state index is 10.9. The molecule has 0 spiro atoms. The number of unbranched alkanes of at least 4 members (excludes halogenated alkanes) is 3. The minimum Gasteiger partial charge on any atom is -0.494 e. The molecule has 0 aliphatic carbocycles. The van der Waals surface area contributed by atoms with Crippen molar-refractivity contribution in [3.05, 3.63) is 61.2 Å². The molecule has 0 N–H and O–H groups in total. The van der Waals surface area contributed by atoms with E-state index in [1.807, 2.05) is 48.5 Å². The van der Waals surface area contributed by atoms with Crippen LogP contribution >= 0.6 is 0 Å². The highest BCUT2D eigenvalue weighted by Crippen LogP contribution is 2.23. The van der Waals surface area contributed by atoms with E-state index in [0.717, 1.165) is 55.0 Å². The first-order chi connectivity index (χ1) is 14.7. The van der Waals surface area contributed by atoms with Gasteiger partial charge in [0.1, 0.15) is 11.5 Å². The summed E-state index contributed by atoms with van der Waals surface area (Å²) >= 11 is 0. The molecule has 0 bridgehead atoms. The Morgan fingerprint density at radius 3 is 1.80 bits per heavy atom. The average Bonchev–Trinajstić information content (AvgIpc) is 2.79. The number of nitrogens with zero attached hydrogens (tertiary/aromatic N) is 2. The van der Waals surface area contributed by atoms with Crippen LogP contribution in [0.3, 0.4) is 0 Å². The largest absolute Gasteiger partial charge is 0.494 e. The van der Waals surface area contributed by atoms with Crippen LogP contribution in [0.25, 0.3) is 0 Å². The van der Waals surface area contributed by atoms with E-state index in [4.69, 9.17) is 14.2 Å². The summed E-state index contributed by atoms with van der Waals surface area (Å²) in [4.78, 5) is 10.9. The Labute approximate surface area is 178 Å². The SMILES string of the molecule is C=CC(=O)OCCCCCCOc1ccc(N=Nc2ccc(OCCC)cc2)cc1. The number of rotatable bonds is 14. The van der Waals surface area contributed by atoms with E-state index in [0.29, 0.717) is 19.8 Å². The molecule has 30 heavy (non-hydrogen) atoms. The van der Waals surface area contributed by atoms with Crippen LogP contribution in [0.4, 0.5) is 11.4 Å². The molecule has 6 heteroatoms. The van der Waals surface area contributed by atoms with Gasteiger partial charge in [0.05, 0.1) is 31.2 Å². The summed E-state index contributed by atoms with van der Waals surface area (Å²) in [7, 11) is 0. The molecule has 2 rings (SSSR count). The molecule has 0 unspecified atom stereocenters. The van der Waals surface area contributed by atoms with Crippen molar-refractivity contribution >= 4 is 17.3 Å². The van der Waals surface area contributed by atoms with Crippen molar-refractivity contribution < 1.29 is 19.0 Å². The molecule has 0 saturated carbocycles. The monoisotopic (exact) mass is 410 g/mol. The zero-order chi connectivity index (χ0) is 21.4. The lowest BCUT2D eigenvalue weighted by atomic mass is 10.2. The van der Waals surface area contributed by atoms with Crippen LogP contribution in [-0.4, -0.2) is 25.8 Å². The Morgan fingerprint density at radius 2 is 1.30 bits per heavy atom. The Bertz CT molecular complexity index is 786. The predicted octanol–water partition coefficient (Wildman–Crippen LogP) is 6.56. The molecule has 0 fully saturated rings. The maximum atomic E-state index is 10.9. The number of hydrogen-bond donors (Lipinski definition) is 0. The van der Waals surface area contributed by atoms with Gasteiger partial charge in [0.25, 0.3) is 0 Å². The second-order valence-corrected chi connectivity index (χ2v) is 6.67. The smallest absolute Gasteiger partial charge is 0.330 e. The van der Waals surface area contributed by atoms with E-state index in [-0.39, 0.29) is 5.97 Å². The summed E-state index contributed by atoms with van der Waals surface area (Å²) in [6.07, 6.45) is 6.00. The molecule has 2 aromatic carbocycles. The fourth-order valence-corrected chi connectivity index (χ4v) is 2.53. The van der Waals surface area contributed by atoms with E-state index >= 15 is 0 Å². The summed E-state index contributed by atoms with van der Waals surface area (Å²) in [5, 5.41) is 8.50. The van der Waals surface area contributed by atoms with E-state index in [1.54, 1.807) is 0 Å². The fourth-order valence-electron chi connectivity index (χ4n) is 2.53. The van der Waals surface area contributed by atoms with Gasteiger partial charge in [-0.2, -0.15) is 10.2 Å². The fraction of sp³-hybridized carbons (Fsp3) is 0.375. The molecule has 0 aliphatic heterocycles. The minimum atomic E-state index is -0.365. The number of carbonyl (C=O) groups excluding carboxylic acids is 1. The van der Waals surface area contributed by atoms with Gasteiger partial charge >= 0.3 is 5.97 Å². The molecule has 0 aromatic heterocycles. The van der Waals surface area contributed by atoms with Gasteiger partial charge in [0.15, 0.2) is 0 Å². The van der Waals surface area contributed by atoms with Crippen molar-refractivity contribution in [3.8, 4) is 11.5 Å². The van der Waals surface area contributed by atoms with Crippen molar-refractivity contribution in [2.24, 2.45) is 10.2 Å². The number of esters is 1. The Hall–Kier alpha value is -3.15. The van der Waals surface area contributed by atoms with Gasteiger partial charge < -0.3 is 14.2 Å². The molecule has 6 nitrogen and oxygen atoms in total. The van der Waals surface area contributed by atoms with Crippen molar-refractivity contribution in [1.82, 2.24) is 0 Å². The number of carbonyl (C=O) groups is 1. The summed E-state index contributed by atoms with van der Waals surface area (Å²) in [6, 6.07) is 15.1. The summed E-state index contributed by atoms with van der Waals surface area (Å²) in [5.41, 5.74) is 1.54. The Morgan fingerprint density at radius 1 is 0.800 bits per heavy atom. The summed E-state index contributed by atoms with van der Waals surface area (Å²) in [5.74, 6) is 1.29. The van der Waals surface area contributed by atoms with Crippen LogP contribution in [0, 0.1) is 0 Å². The normalized spacial score (nSPS) is 10.7. The highest BCUT2D eigenvalue weighted by Gasteiger charge is 1.98. The van der Waals surface area contributed by atoms with Crippen LogP contribution in [0.2, 0.25) is 0 Å². The molecule has 0 heterocycles. The minimum absolute atomic E-state index is 0.365. The zero-order valence-corrected chi connectivity index (χ0v) is 17.6. The van der Waals surface area contributed by atoms with Gasteiger partial charge in [-0.3, -0.25) is 0 Å². The van der Waals surface area contributed by atoms with Gasteiger partial charge in [-0.15, -0.1) is 0 Å². The number of ether oxygens (including phenoxy) is 3. The van der Waals surface area contributed by atoms with Crippen LogP contribution in [0.1, 0.15) is 39.0 Å². The first kappa shape index (κ1) is 23.1. The second kappa shape index (κ2) is 13.9. The Kier molecular flexibility index (Phi) is 10.7. The summed E-state index contributed by atoms with van der Waals surface area (Å²) in [6.45, 7) is 7.25. The van der Waals surface area contributed by atoms with Crippen LogP contribution in [0.15, 0.2) is 71.4 Å². The van der Waals surface area contributed by atoms with Gasteiger partial charge in [-0.25, -0.2) is 4.79 Å². The molecular weight excluding hydrogens is 380 g/mol. The quantitative estimate of drug-likeness (QED) is 0.153. The maximum Gasteiger partial charge on any atom is 0.330 e. The third-order valence-corrected chi connectivity index (χ3v) is 4.15. The second-order valence-electron chi connectivity index (χ2n) is 6.67. The third kappa shape index (κ3) is 9.37. The number of azo groups is 1. The molecular formula is C24H30N2O4. The summed E-state index contributed by atoms with van der Waals surface area (Å²) < 4.78 is 16.2. The Balaban J connectivity index is 1.64. The molecule has 0 saturated heterocycles. The first-order valence-corrected chi connectivity index (χ1v) is 10.4. The van der Waals surface area contributed by atoms with E-state index < -0.39 is 0 Å². The lowest BCUT2D eigenvalue weighted by molar-refractivity contribution is -0.137. The van der Waals surface area contributed by atoms with Crippen molar-refractivity contribution in [2.75, 3.05) is 19.8 Å². The van der Waals surface area contributed by atoms with Crippen molar-refractivity contribution in [1.29, 1.82) is 0 Å². The zero-order valence-electron chi connectivity index (χ0n) is 17.6. The molecule has 0 aliphatic rings. The first-order valence-electron chi connectivity index (χ1n) is 10.4. The van der Waals surface area contributed by atoms with Gasteiger partial charge in [0.2, 0.25) is 0 Å².